The van der Waals surface area contributed by atoms with Crippen molar-refractivity contribution < 1.29 is 15.1 Å². The van der Waals surface area contributed by atoms with Gasteiger partial charge in [0.1, 0.15) is 11.2 Å². The van der Waals surface area contributed by atoms with E-state index in [-0.39, 0.29) is 11.2 Å². The number of anilines is 1. The Bertz CT molecular complexity index is 957. The molecular weight excluding hydrogens is 336 g/mol. The standard InChI is InChI=1S/C18H22N4O4/c1-18(2,3)26-17(24)20-13-9-14-15(22(25)16(13)23)10-19-21(14)11-12-7-5-4-6-8-12/h4-10,17,20,24-25H,11H2,1-3H3. The predicted octanol–water partition coefficient (Wildman–Crippen LogP) is 1.99. The number of nitrogens with zero attached hydrogens (tertiary/aromatic N) is 3. The van der Waals surface area contributed by atoms with E-state index in [1.807, 2.05) is 30.3 Å². The number of aliphatic hydroxyl groups excluding tert-OH is 1. The Morgan fingerprint density at radius 3 is 2.58 bits per heavy atom. The third-order valence-corrected chi connectivity index (χ3v) is 3.71. The zero-order chi connectivity index (χ0) is 18.9. The molecule has 0 radical (unpaired) electrons. The normalized spacial score (nSPS) is 13.1. The summed E-state index contributed by atoms with van der Waals surface area (Å²) in [5.41, 5.74) is 0.548. The van der Waals surface area contributed by atoms with Gasteiger partial charge < -0.3 is 20.4 Å². The van der Waals surface area contributed by atoms with Crippen LogP contribution in [0.25, 0.3) is 11.0 Å². The first kappa shape index (κ1) is 18.0. The lowest BCUT2D eigenvalue weighted by molar-refractivity contribution is -0.148. The first-order valence-corrected chi connectivity index (χ1v) is 8.22. The van der Waals surface area contributed by atoms with Crippen LogP contribution in [-0.4, -0.2) is 36.8 Å². The third kappa shape index (κ3) is 3.87. The molecule has 0 fully saturated rings. The van der Waals surface area contributed by atoms with Gasteiger partial charge in [-0.3, -0.25) is 9.48 Å². The minimum absolute atomic E-state index is 0.00608. The second-order valence-corrected chi connectivity index (χ2v) is 6.96. The number of fused-ring (bicyclic) bond motifs is 1. The van der Waals surface area contributed by atoms with E-state index < -0.39 is 17.6 Å². The highest BCUT2D eigenvalue weighted by atomic mass is 16.6. The largest absolute Gasteiger partial charge is 0.425 e. The third-order valence-electron chi connectivity index (χ3n) is 3.71. The molecule has 1 unspecified atom stereocenters. The van der Waals surface area contributed by atoms with Crippen molar-refractivity contribution in [3.63, 3.8) is 0 Å². The minimum Gasteiger partial charge on any atom is -0.425 e. The highest BCUT2D eigenvalue weighted by molar-refractivity contribution is 5.78. The monoisotopic (exact) mass is 358 g/mol. The van der Waals surface area contributed by atoms with E-state index in [0.717, 1.165) is 5.56 Å². The Morgan fingerprint density at radius 1 is 1.23 bits per heavy atom. The Labute approximate surface area is 150 Å². The van der Waals surface area contributed by atoms with Gasteiger partial charge in [0.25, 0.3) is 0 Å². The minimum atomic E-state index is -1.40. The number of aromatic nitrogens is 3. The zero-order valence-corrected chi connectivity index (χ0v) is 14.9. The topological polar surface area (TPSA) is 102 Å². The van der Waals surface area contributed by atoms with Gasteiger partial charge in [0.2, 0.25) is 6.41 Å². The van der Waals surface area contributed by atoms with Crippen LogP contribution in [0.4, 0.5) is 5.69 Å². The molecule has 8 nitrogen and oxygen atoms in total. The highest BCUT2D eigenvalue weighted by Crippen LogP contribution is 2.18. The molecule has 138 valence electrons. The van der Waals surface area contributed by atoms with Crippen molar-refractivity contribution in [2.24, 2.45) is 0 Å². The van der Waals surface area contributed by atoms with Gasteiger partial charge in [0.05, 0.1) is 23.9 Å². The van der Waals surface area contributed by atoms with Crippen LogP contribution in [0.2, 0.25) is 0 Å². The molecule has 0 saturated carbocycles. The zero-order valence-electron chi connectivity index (χ0n) is 14.9. The molecule has 1 aromatic carbocycles. The molecule has 0 aliphatic heterocycles. The number of hydrogen-bond donors (Lipinski definition) is 3. The van der Waals surface area contributed by atoms with Crippen molar-refractivity contribution >= 4 is 16.7 Å². The summed E-state index contributed by atoms with van der Waals surface area (Å²) in [4.78, 5) is 12.3. The molecule has 26 heavy (non-hydrogen) atoms. The van der Waals surface area contributed by atoms with E-state index in [1.165, 1.54) is 12.3 Å². The summed E-state index contributed by atoms with van der Waals surface area (Å²) in [7, 11) is 0. The number of hydrogen-bond acceptors (Lipinski definition) is 6. The molecule has 2 aromatic heterocycles. The molecule has 3 rings (SSSR count). The molecule has 2 heterocycles. The van der Waals surface area contributed by atoms with Gasteiger partial charge in [-0.1, -0.05) is 30.3 Å². The first-order valence-electron chi connectivity index (χ1n) is 8.22. The molecule has 0 aliphatic rings. The second-order valence-electron chi connectivity index (χ2n) is 6.96. The van der Waals surface area contributed by atoms with Crippen LogP contribution in [0.1, 0.15) is 26.3 Å². The van der Waals surface area contributed by atoms with Gasteiger partial charge in [-0.05, 0) is 32.4 Å². The number of nitrogens with one attached hydrogen (secondary N) is 1. The number of benzene rings is 1. The fourth-order valence-electron chi connectivity index (χ4n) is 2.60. The van der Waals surface area contributed by atoms with Crippen molar-refractivity contribution in [3.05, 3.63) is 58.5 Å². The van der Waals surface area contributed by atoms with Crippen LogP contribution in [-0.2, 0) is 11.3 Å². The van der Waals surface area contributed by atoms with E-state index in [9.17, 15) is 15.1 Å². The molecule has 0 saturated heterocycles. The second kappa shape index (κ2) is 6.81. The lowest BCUT2D eigenvalue weighted by Crippen LogP contribution is -2.35. The summed E-state index contributed by atoms with van der Waals surface area (Å²) in [6.45, 7) is 5.81. The summed E-state index contributed by atoms with van der Waals surface area (Å²) in [5, 5.41) is 27.0. The predicted molar refractivity (Wildman–Crippen MR) is 97.2 cm³/mol. The van der Waals surface area contributed by atoms with Crippen LogP contribution in [0.3, 0.4) is 0 Å². The summed E-state index contributed by atoms with van der Waals surface area (Å²) in [6, 6.07) is 11.2. The maximum absolute atomic E-state index is 12.3. The van der Waals surface area contributed by atoms with E-state index >= 15 is 0 Å². The first-order chi connectivity index (χ1) is 12.2. The van der Waals surface area contributed by atoms with E-state index in [1.54, 1.807) is 25.5 Å². The number of rotatable bonds is 5. The van der Waals surface area contributed by atoms with Crippen molar-refractivity contribution in [2.75, 3.05) is 5.32 Å². The Morgan fingerprint density at radius 2 is 1.92 bits per heavy atom. The SMILES string of the molecule is CC(C)(C)OC(O)Nc1cc2c(cnn2Cc2ccccc2)n(O)c1=O. The van der Waals surface area contributed by atoms with Crippen molar-refractivity contribution in [2.45, 2.75) is 39.3 Å². The van der Waals surface area contributed by atoms with Crippen LogP contribution in [0.15, 0.2) is 47.4 Å². The summed E-state index contributed by atoms with van der Waals surface area (Å²) < 4.78 is 7.52. The van der Waals surface area contributed by atoms with Crippen LogP contribution >= 0.6 is 0 Å². The summed E-state index contributed by atoms with van der Waals surface area (Å²) >= 11 is 0. The molecule has 0 aliphatic carbocycles. The van der Waals surface area contributed by atoms with Crippen LogP contribution < -0.4 is 10.9 Å². The number of pyridine rings is 1. The number of ether oxygens (including phenoxy) is 1. The smallest absolute Gasteiger partial charge is 0.307 e. The van der Waals surface area contributed by atoms with Gasteiger partial charge in [-0.15, -0.1) is 4.73 Å². The molecule has 8 heteroatoms. The average Bonchev–Trinajstić information content (AvgIpc) is 2.94. The lowest BCUT2D eigenvalue weighted by Gasteiger charge is -2.24. The fraction of sp³-hybridized carbons (Fsp3) is 0.333. The Hall–Kier alpha value is -2.84. The lowest BCUT2D eigenvalue weighted by atomic mass is 10.2. The van der Waals surface area contributed by atoms with Gasteiger partial charge in [0, 0.05) is 0 Å². The van der Waals surface area contributed by atoms with Gasteiger partial charge in [-0.2, -0.15) is 5.10 Å². The highest BCUT2D eigenvalue weighted by Gasteiger charge is 2.19. The van der Waals surface area contributed by atoms with E-state index in [4.69, 9.17) is 4.74 Å². The van der Waals surface area contributed by atoms with E-state index in [0.29, 0.717) is 16.8 Å². The molecule has 0 amide bonds. The van der Waals surface area contributed by atoms with E-state index in [2.05, 4.69) is 10.4 Å². The Balaban J connectivity index is 1.96. The average molecular weight is 358 g/mol. The molecule has 0 spiro atoms. The molecule has 3 N–H and O–H groups in total. The van der Waals surface area contributed by atoms with Crippen LogP contribution in [0, 0.1) is 0 Å². The van der Waals surface area contributed by atoms with Crippen molar-refractivity contribution in [1.82, 2.24) is 14.5 Å². The molecule has 1 atom stereocenters. The van der Waals surface area contributed by atoms with Crippen LogP contribution in [0.5, 0.6) is 0 Å². The summed E-state index contributed by atoms with van der Waals surface area (Å²) in [6.07, 6.45) is 0.0246. The number of aliphatic hydroxyl groups is 1. The maximum atomic E-state index is 12.3. The van der Waals surface area contributed by atoms with Gasteiger partial charge in [-0.25, -0.2) is 0 Å². The fourth-order valence-corrected chi connectivity index (χ4v) is 2.60. The molecule has 3 aromatic rings. The van der Waals surface area contributed by atoms with Crippen molar-refractivity contribution in [3.8, 4) is 0 Å². The van der Waals surface area contributed by atoms with Gasteiger partial charge in [0.15, 0.2) is 0 Å². The Kier molecular flexibility index (Phi) is 4.71. The quantitative estimate of drug-likeness (QED) is 0.476. The molecular formula is C18H22N4O4. The molecule has 0 bridgehead atoms. The van der Waals surface area contributed by atoms with Crippen molar-refractivity contribution in [1.29, 1.82) is 0 Å². The maximum Gasteiger partial charge on any atom is 0.307 e. The van der Waals surface area contributed by atoms with Gasteiger partial charge >= 0.3 is 5.56 Å². The summed E-state index contributed by atoms with van der Waals surface area (Å²) in [5.74, 6) is 0.